The maximum atomic E-state index is 5.97. The summed E-state index contributed by atoms with van der Waals surface area (Å²) >= 11 is 5.97. The molecule has 0 spiro atoms. The summed E-state index contributed by atoms with van der Waals surface area (Å²) in [6.45, 7) is 4.23. The van der Waals surface area contributed by atoms with Crippen molar-refractivity contribution >= 4 is 17.6 Å². The molecule has 0 saturated carbocycles. The molecule has 0 aliphatic carbocycles. The van der Waals surface area contributed by atoms with E-state index >= 15 is 0 Å². The Bertz CT molecular complexity index is 567. The smallest absolute Gasteiger partial charge is 0.191 e. The van der Waals surface area contributed by atoms with Crippen molar-refractivity contribution in [1.29, 1.82) is 0 Å². The number of nitrogens with one attached hydrogen (secondary N) is 2. The van der Waals surface area contributed by atoms with Crippen LogP contribution < -0.4 is 10.6 Å². The van der Waals surface area contributed by atoms with Gasteiger partial charge in [-0.3, -0.25) is 0 Å². The number of furan rings is 1. The zero-order chi connectivity index (χ0) is 14.9. The third-order valence-electron chi connectivity index (χ3n) is 2.90. The first-order chi connectivity index (χ1) is 10.3. The fourth-order valence-electron chi connectivity index (χ4n) is 1.91. The third-order valence-corrected chi connectivity index (χ3v) is 3.13. The summed E-state index contributed by atoms with van der Waals surface area (Å²) in [6, 6.07) is 11.6. The van der Waals surface area contributed by atoms with Crippen LogP contribution in [0, 0.1) is 0 Å². The Kier molecular flexibility index (Phi) is 6.16. The topological polar surface area (TPSA) is 49.6 Å². The van der Waals surface area contributed by atoms with Crippen LogP contribution in [0.4, 0.5) is 0 Å². The lowest BCUT2D eigenvalue weighted by molar-refractivity contribution is 0.507. The molecule has 21 heavy (non-hydrogen) atoms. The summed E-state index contributed by atoms with van der Waals surface area (Å²) in [5.74, 6) is 1.76. The molecule has 0 unspecified atom stereocenters. The van der Waals surface area contributed by atoms with E-state index in [0.29, 0.717) is 6.54 Å². The van der Waals surface area contributed by atoms with Crippen molar-refractivity contribution in [3.63, 3.8) is 0 Å². The zero-order valence-electron chi connectivity index (χ0n) is 12.1. The Morgan fingerprint density at radius 1 is 1.24 bits per heavy atom. The van der Waals surface area contributed by atoms with Crippen molar-refractivity contribution in [3.8, 4) is 0 Å². The Labute approximate surface area is 130 Å². The number of benzene rings is 1. The number of nitrogens with zero attached hydrogens (tertiary/aromatic N) is 1. The van der Waals surface area contributed by atoms with Crippen LogP contribution in [0.3, 0.4) is 0 Å². The fourth-order valence-corrected chi connectivity index (χ4v) is 2.12. The van der Waals surface area contributed by atoms with Crippen molar-refractivity contribution in [2.75, 3.05) is 13.1 Å². The van der Waals surface area contributed by atoms with E-state index in [9.17, 15) is 0 Å². The molecule has 0 aliphatic heterocycles. The second-order valence-electron chi connectivity index (χ2n) is 4.58. The molecule has 1 aromatic heterocycles. The van der Waals surface area contributed by atoms with E-state index in [2.05, 4.69) is 15.6 Å². The molecule has 1 heterocycles. The van der Waals surface area contributed by atoms with Gasteiger partial charge >= 0.3 is 0 Å². The lowest BCUT2D eigenvalue weighted by atomic mass is 10.2. The molecule has 0 aliphatic rings. The quantitative estimate of drug-likeness (QED) is 0.636. The summed E-state index contributed by atoms with van der Waals surface area (Å²) in [4.78, 5) is 4.55. The Morgan fingerprint density at radius 3 is 2.86 bits per heavy atom. The molecule has 0 atom stereocenters. The lowest BCUT2D eigenvalue weighted by Crippen LogP contribution is -2.38. The van der Waals surface area contributed by atoms with Gasteiger partial charge in [0, 0.05) is 24.5 Å². The first kappa shape index (κ1) is 15.4. The summed E-state index contributed by atoms with van der Waals surface area (Å²) in [7, 11) is 0. The van der Waals surface area contributed by atoms with Gasteiger partial charge in [0.05, 0.1) is 12.8 Å². The molecule has 1 aromatic carbocycles. The minimum atomic E-state index is 0.594. The average molecular weight is 306 g/mol. The fraction of sp³-hybridized carbons (Fsp3) is 0.312. The van der Waals surface area contributed by atoms with Crippen LogP contribution in [0.1, 0.15) is 18.2 Å². The van der Waals surface area contributed by atoms with E-state index in [1.807, 2.05) is 43.3 Å². The number of halogens is 1. The summed E-state index contributed by atoms with van der Waals surface area (Å²) < 4.78 is 5.30. The highest BCUT2D eigenvalue weighted by Gasteiger charge is 2.00. The largest absolute Gasteiger partial charge is 0.469 e. The Morgan fingerprint density at radius 2 is 2.14 bits per heavy atom. The van der Waals surface area contributed by atoms with Crippen molar-refractivity contribution in [2.24, 2.45) is 4.99 Å². The molecule has 112 valence electrons. The van der Waals surface area contributed by atoms with E-state index in [0.717, 1.165) is 41.8 Å². The van der Waals surface area contributed by atoms with E-state index in [-0.39, 0.29) is 0 Å². The predicted molar refractivity (Wildman–Crippen MR) is 86.7 cm³/mol. The second kappa shape index (κ2) is 8.37. The number of hydrogen-bond donors (Lipinski definition) is 2. The van der Waals surface area contributed by atoms with Gasteiger partial charge in [-0.2, -0.15) is 0 Å². The van der Waals surface area contributed by atoms with Crippen molar-refractivity contribution in [3.05, 3.63) is 59.0 Å². The maximum Gasteiger partial charge on any atom is 0.191 e. The number of aliphatic imine (C=N–C) groups is 1. The Hall–Kier alpha value is -1.94. The summed E-state index contributed by atoms with van der Waals surface area (Å²) in [5, 5.41) is 7.25. The van der Waals surface area contributed by atoms with Crippen LogP contribution in [0.25, 0.3) is 0 Å². The van der Waals surface area contributed by atoms with Crippen LogP contribution in [0.15, 0.2) is 52.1 Å². The Balaban J connectivity index is 1.86. The first-order valence-electron chi connectivity index (χ1n) is 7.07. The van der Waals surface area contributed by atoms with Crippen LogP contribution in [-0.4, -0.2) is 19.0 Å². The molecule has 0 bridgehead atoms. The van der Waals surface area contributed by atoms with E-state index in [1.54, 1.807) is 6.26 Å². The first-order valence-corrected chi connectivity index (χ1v) is 7.44. The molecule has 0 saturated heterocycles. The van der Waals surface area contributed by atoms with Gasteiger partial charge in [-0.1, -0.05) is 23.7 Å². The van der Waals surface area contributed by atoms with Gasteiger partial charge in [-0.05, 0) is 36.8 Å². The van der Waals surface area contributed by atoms with Crippen LogP contribution >= 0.6 is 11.6 Å². The summed E-state index contributed by atoms with van der Waals surface area (Å²) in [5.41, 5.74) is 1.09. The molecular weight excluding hydrogens is 286 g/mol. The SMILES string of the molecule is CCNC(=NCc1cccc(Cl)c1)NCCc1ccco1. The van der Waals surface area contributed by atoms with E-state index in [4.69, 9.17) is 16.0 Å². The van der Waals surface area contributed by atoms with Crippen molar-refractivity contribution in [2.45, 2.75) is 19.9 Å². The molecule has 0 amide bonds. The highest BCUT2D eigenvalue weighted by molar-refractivity contribution is 6.30. The second-order valence-corrected chi connectivity index (χ2v) is 5.02. The molecule has 0 radical (unpaired) electrons. The van der Waals surface area contributed by atoms with Crippen molar-refractivity contribution in [1.82, 2.24) is 10.6 Å². The van der Waals surface area contributed by atoms with Gasteiger partial charge in [0.1, 0.15) is 5.76 Å². The minimum Gasteiger partial charge on any atom is -0.469 e. The van der Waals surface area contributed by atoms with Gasteiger partial charge in [0.15, 0.2) is 5.96 Å². The summed E-state index contributed by atoms with van der Waals surface area (Å²) in [6.07, 6.45) is 2.52. The van der Waals surface area contributed by atoms with Gasteiger partial charge in [0.2, 0.25) is 0 Å². The van der Waals surface area contributed by atoms with Crippen LogP contribution in [0.5, 0.6) is 0 Å². The number of hydrogen-bond acceptors (Lipinski definition) is 2. The molecule has 0 fully saturated rings. The van der Waals surface area contributed by atoms with Gasteiger partial charge in [0.25, 0.3) is 0 Å². The standard InChI is InChI=1S/C16H20ClN3O/c1-2-18-16(19-9-8-15-7-4-10-21-15)20-12-13-5-3-6-14(17)11-13/h3-7,10-11H,2,8-9,12H2,1H3,(H2,18,19,20). The highest BCUT2D eigenvalue weighted by Crippen LogP contribution is 2.11. The number of rotatable bonds is 6. The van der Waals surface area contributed by atoms with E-state index < -0.39 is 0 Å². The molecule has 2 rings (SSSR count). The average Bonchev–Trinajstić information content (AvgIpc) is 2.98. The van der Waals surface area contributed by atoms with E-state index in [1.165, 1.54) is 0 Å². The zero-order valence-corrected chi connectivity index (χ0v) is 12.9. The van der Waals surface area contributed by atoms with Crippen molar-refractivity contribution < 1.29 is 4.42 Å². The molecule has 4 nitrogen and oxygen atoms in total. The van der Waals surface area contributed by atoms with Gasteiger partial charge < -0.3 is 15.1 Å². The van der Waals surface area contributed by atoms with Gasteiger partial charge in [-0.25, -0.2) is 4.99 Å². The third kappa shape index (κ3) is 5.52. The molecule has 5 heteroatoms. The van der Waals surface area contributed by atoms with Crippen LogP contribution in [0.2, 0.25) is 5.02 Å². The predicted octanol–water partition coefficient (Wildman–Crippen LogP) is 3.23. The normalized spacial score (nSPS) is 11.4. The lowest BCUT2D eigenvalue weighted by Gasteiger charge is -2.10. The minimum absolute atomic E-state index is 0.594. The molecule has 2 N–H and O–H groups in total. The molecular formula is C16H20ClN3O. The van der Waals surface area contributed by atoms with Gasteiger partial charge in [-0.15, -0.1) is 0 Å². The highest BCUT2D eigenvalue weighted by atomic mass is 35.5. The van der Waals surface area contributed by atoms with Crippen LogP contribution in [-0.2, 0) is 13.0 Å². The monoisotopic (exact) mass is 305 g/mol. The molecule has 2 aromatic rings. The maximum absolute atomic E-state index is 5.97. The number of guanidine groups is 1.